The number of rotatable bonds is 2. The summed E-state index contributed by atoms with van der Waals surface area (Å²) in [5, 5.41) is 10.9. The van der Waals surface area contributed by atoms with Crippen LogP contribution in [-0.4, -0.2) is 29.1 Å². The fourth-order valence-corrected chi connectivity index (χ4v) is 1.18. The van der Waals surface area contributed by atoms with E-state index in [1.54, 1.807) is 32.0 Å². The molecule has 0 saturated carbocycles. The third-order valence-electron chi connectivity index (χ3n) is 1.94. The number of nitro benzene ring substituents is 1. The predicted octanol–water partition coefficient (Wildman–Crippen LogP) is 2.13. The van der Waals surface area contributed by atoms with Crippen LogP contribution in [0.25, 0.3) is 0 Å². The van der Waals surface area contributed by atoms with E-state index in [1.807, 2.05) is 0 Å². The van der Waals surface area contributed by atoms with Crippen molar-refractivity contribution in [1.29, 1.82) is 0 Å². The molecule has 0 spiro atoms. The van der Waals surface area contributed by atoms with Crippen molar-refractivity contribution in [2.45, 2.75) is 6.92 Å². The van der Waals surface area contributed by atoms with E-state index in [1.165, 1.54) is 12.1 Å². The van der Waals surface area contributed by atoms with Crippen LogP contribution in [0.4, 0.5) is 5.69 Å². The first kappa shape index (κ1) is 12.4. The molecule has 0 aliphatic carbocycles. The lowest BCUT2D eigenvalue weighted by atomic mass is 10.2. The van der Waals surface area contributed by atoms with E-state index < -0.39 is 4.92 Å². The van der Waals surface area contributed by atoms with Gasteiger partial charge in [-0.05, 0) is 31.3 Å². The second kappa shape index (κ2) is 4.89. The number of hydrogen-bond acceptors (Lipinski definition) is 4. The SMILES string of the molecule is Cc1cc(OC(=S)N(C)C)ccc1[N+](=O)[O-]. The third-order valence-corrected chi connectivity index (χ3v) is 2.38. The van der Waals surface area contributed by atoms with Crippen LogP contribution in [0, 0.1) is 17.0 Å². The standard InChI is InChI=1S/C10H12N2O3S/c1-7-6-8(15-10(16)11(2)3)4-5-9(7)12(13)14/h4-6H,1-3H3. The molecule has 0 fully saturated rings. The number of benzene rings is 1. The van der Waals surface area contributed by atoms with Crippen LogP contribution in [0.1, 0.15) is 5.56 Å². The number of hydrogen-bond donors (Lipinski definition) is 0. The Balaban J connectivity index is 2.90. The third kappa shape index (κ3) is 2.90. The molecule has 0 bridgehead atoms. The first-order chi connectivity index (χ1) is 7.41. The zero-order chi connectivity index (χ0) is 12.3. The van der Waals surface area contributed by atoms with Crippen molar-refractivity contribution in [3.63, 3.8) is 0 Å². The summed E-state index contributed by atoms with van der Waals surface area (Å²) in [5.74, 6) is 0.502. The molecule has 1 aromatic rings. The quantitative estimate of drug-likeness (QED) is 0.450. The number of nitrogens with zero attached hydrogens (tertiary/aromatic N) is 2. The first-order valence-corrected chi connectivity index (χ1v) is 4.97. The summed E-state index contributed by atoms with van der Waals surface area (Å²) in [7, 11) is 3.53. The molecule has 0 saturated heterocycles. The zero-order valence-electron chi connectivity index (χ0n) is 9.26. The van der Waals surface area contributed by atoms with Gasteiger partial charge in [-0.15, -0.1) is 0 Å². The summed E-state index contributed by atoms with van der Waals surface area (Å²) < 4.78 is 5.33. The van der Waals surface area contributed by atoms with Crippen LogP contribution in [0.2, 0.25) is 0 Å². The molecule has 0 aliphatic rings. The van der Waals surface area contributed by atoms with Crippen molar-refractivity contribution in [2.75, 3.05) is 14.1 Å². The molecule has 0 aliphatic heterocycles. The van der Waals surface area contributed by atoms with Gasteiger partial charge in [-0.2, -0.15) is 0 Å². The van der Waals surface area contributed by atoms with Gasteiger partial charge >= 0.3 is 0 Å². The highest BCUT2D eigenvalue weighted by atomic mass is 32.1. The smallest absolute Gasteiger partial charge is 0.272 e. The summed E-state index contributed by atoms with van der Waals surface area (Å²) in [4.78, 5) is 11.8. The van der Waals surface area contributed by atoms with Gasteiger partial charge in [0.15, 0.2) is 0 Å². The second-order valence-corrected chi connectivity index (χ2v) is 3.82. The highest BCUT2D eigenvalue weighted by Gasteiger charge is 2.11. The van der Waals surface area contributed by atoms with E-state index in [9.17, 15) is 10.1 Å². The lowest BCUT2D eigenvalue weighted by molar-refractivity contribution is -0.385. The first-order valence-electron chi connectivity index (χ1n) is 4.56. The number of thiocarbonyl (C=S) groups is 1. The summed E-state index contributed by atoms with van der Waals surface area (Å²) in [6, 6.07) is 4.53. The molecule has 1 aromatic carbocycles. The highest BCUT2D eigenvalue weighted by molar-refractivity contribution is 7.80. The Hall–Kier alpha value is -1.69. The summed E-state index contributed by atoms with van der Waals surface area (Å²) in [6.07, 6.45) is 0. The molecule has 16 heavy (non-hydrogen) atoms. The number of ether oxygens (including phenoxy) is 1. The largest absolute Gasteiger partial charge is 0.432 e. The van der Waals surface area contributed by atoms with Crippen molar-refractivity contribution in [2.24, 2.45) is 0 Å². The van der Waals surface area contributed by atoms with E-state index in [-0.39, 0.29) is 5.69 Å². The highest BCUT2D eigenvalue weighted by Crippen LogP contribution is 2.23. The molecular formula is C10H12N2O3S. The lowest BCUT2D eigenvalue weighted by Crippen LogP contribution is -2.24. The zero-order valence-corrected chi connectivity index (χ0v) is 10.1. The molecule has 0 atom stereocenters. The molecule has 0 radical (unpaired) electrons. The average molecular weight is 240 g/mol. The molecule has 0 amide bonds. The van der Waals surface area contributed by atoms with Crippen molar-refractivity contribution in [3.8, 4) is 5.75 Å². The van der Waals surface area contributed by atoms with Gasteiger partial charge in [0.1, 0.15) is 5.75 Å². The van der Waals surface area contributed by atoms with E-state index >= 15 is 0 Å². The molecule has 1 rings (SSSR count). The average Bonchev–Trinajstić information content (AvgIpc) is 2.16. The van der Waals surface area contributed by atoms with Crippen LogP contribution >= 0.6 is 12.2 Å². The van der Waals surface area contributed by atoms with E-state index in [2.05, 4.69) is 0 Å². The lowest BCUT2D eigenvalue weighted by Gasteiger charge is -2.14. The minimum Gasteiger partial charge on any atom is -0.432 e. The number of aryl methyl sites for hydroxylation is 1. The van der Waals surface area contributed by atoms with Gasteiger partial charge in [0.2, 0.25) is 0 Å². The van der Waals surface area contributed by atoms with Crippen LogP contribution in [0.3, 0.4) is 0 Å². The summed E-state index contributed by atoms with van der Waals surface area (Å²) in [5.41, 5.74) is 0.618. The summed E-state index contributed by atoms with van der Waals surface area (Å²) in [6.45, 7) is 1.66. The van der Waals surface area contributed by atoms with Crippen molar-refractivity contribution < 1.29 is 9.66 Å². The van der Waals surface area contributed by atoms with Crippen LogP contribution < -0.4 is 4.74 Å². The maximum absolute atomic E-state index is 10.6. The molecule has 0 N–H and O–H groups in total. The van der Waals surface area contributed by atoms with Gasteiger partial charge < -0.3 is 9.64 Å². The van der Waals surface area contributed by atoms with Gasteiger partial charge in [-0.1, -0.05) is 0 Å². The molecule has 0 aromatic heterocycles. The van der Waals surface area contributed by atoms with Crippen LogP contribution in [0.5, 0.6) is 5.75 Å². The van der Waals surface area contributed by atoms with Gasteiger partial charge in [-0.25, -0.2) is 0 Å². The Morgan fingerprint density at radius 3 is 2.56 bits per heavy atom. The molecule has 6 heteroatoms. The summed E-state index contributed by atoms with van der Waals surface area (Å²) >= 11 is 4.96. The fraction of sp³-hybridized carbons (Fsp3) is 0.300. The minimum absolute atomic E-state index is 0.0723. The normalized spacial score (nSPS) is 9.69. The van der Waals surface area contributed by atoms with Gasteiger partial charge in [0, 0.05) is 25.7 Å². The van der Waals surface area contributed by atoms with Crippen molar-refractivity contribution in [1.82, 2.24) is 4.90 Å². The topological polar surface area (TPSA) is 55.6 Å². The molecule has 0 heterocycles. The Labute approximate surface area is 98.8 Å². The van der Waals surface area contributed by atoms with Crippen LogP contribution in [0.15, 0.2) is 18.2 Å². The van der Waals surface area contributed by atoms with Gasteiger partial charge in [0.25, 0.3) is 10.9 Å². The Bertz CT molecular complexity index is 432. The van der Waals surface area contributed by atoms with E-state index in [0.717, 1.165) is 0 Å². The number of nitro groups is 1. The monoisotopic (exact) mass is 240 g/mol. The molecule has 0 unspecified atom stereocenters. The minimum atomic E-state index is -0.427. The Kier molecular flexibility index (Phi) is 3.78. The van der Waals surface area contributed by atoms with Crippen molar-refractivity contribution in [3.05, 3.63) is 33.9 Å². The second-order valence-electron chi connectivity index (χ2n) is 3.47. The van der Waals surface area contributed by atoms with Gasteiger partial charge in [-0.3, -0.25) is 10.1 Å². The Morgan fingerprint density at radius 1 is 1.50 bits per heavy atom. The van der Waals surface area contributed by atoms with Crippen molar-refractivity contribution >= 4 is 23.1 Å². The fourth-order valence-electron chi connectivity index (χ4n) is 1.09. The van der Waals surface area contributed by atoms with E-state index in [0.29, 0.717) is 16.5 Å². The molecular weight excluding hydrogens is 228 g/mol. The predicted molar refractivity (Wildman–Crippen MR) is 64.7 cm³/mol. The van der Waals surface area contributed by atoms with Crippen LogP contribution in [-0.2, 0) is 0 Å². The molecule has 5 nitrogen and oxygen atoms in total. The maximum Gasteiger partial charge on any atom is 0.272 e. The Morgan fingerprint density at radius 2 is 2.12 bits per heavy atom. The van der Waals surface area contributed by atoms with Gasteiger partial charge in [0.05, 0.1) is 4.92 Å². The van der Waals surface area contributed by atoms with E-state index in [4.69, 9.17) is 17.0 Å². The maximum atomic E-state index is 10.6. The molecule has 86 valence electrons.